The molecule has 10 nitrogen and oxygen atoms in total. The van der Waals surface area contributed by atoms with E-state index in [4.69, 9.17) is 9.73 Å². The molecule has 2 N–H and O–H groups in total. The van der Waals surface area contributed by atoms with Gasteiger partial charge in [0.1, 0.15) is 5.82 Å². The van der Waals surface area contributed by atoms with Gasteiger partial charge in [-0.25, -0.2) is 9.98 Å². The van der Waals surface area contributed by atoms with Gasteiger partial charge < -0.3 is 20.3 Å². The highest BCUT2D eigenvalue weighted by Gasteiger charge is 2.45. The number of aryl methyl sites for hydroxylation is 1. The minimum Gasteiger partial charge on any atom is -0.381 e. The van der Waals surface area contributed by atoms with Gasteiger partial charge in [-0.3, -0.25) is 19.3 Å². The van der Waals surface area contributed by atoms with Gasteiger partial charge in [0.05, 0.1) is 28.7 Å². The molecule has 3 aromatic carbocycles. The number of anilines is 3. The quantitative estimate of drug-likeness (QED) is 0.238. The van der Waals surface area contributed by atoms with Crippen molar-refractivity contribution in [1.29, 1.82) is 0 Å². The first kappa shape index (κ1) is 31.9. The predicted molar refractivity (Wildman–Crippen MR) is 194 cm³/mol. The van der Waals surface area contributed by atoms with E-state index < -0.39 is 0 Å². The van der Waals surface area contributed by atoms with Gasteiger partial charge in [0, 0.05) is 60.8 Å². The van der Waals surface area contributed by atoms with Crippen molar-refractivity contribution in [2.75, 3.05) is 41.4 Å². The second-order valence-corrected chi connectivity index (χ2v) is 14.0. The van der Waals surface area contributed by atoms with E-state index in [-0.39, 0.29) is 35.2 Å². The van der Waals surface area contributed by atoms with Crippen LogP contribution in [0.15, 0.2) is 90.1 Å². The molecule has 4 aromatic rings. The minimum atomic E-state index is -0.378. The Morgan fingerprint density at radius 2 is 1.58 bits per heavy atom. The molecule has 1 aliphatic carbocycles. The normalized spacial score (nSPS) is 19.2. The fraction of sp³-hybridized carbons (Fsp3) is 0.325. The monoisotopic (exact) mass is 668 g/mol. The summed E-state index contributed by atoms with van der Waals surface area (Å²) in [6.45, 7) is 7.21. The van der Waals surface area contributed by atoms with Crippen LogP contribution in [0.5, 0.6) is 0 Å². The molecule has 0 bridgehead atoms. The van der Waals surface area contributed by atoms with E-state index in [0.717, 1.165) is 74.5 Å². The molecule has 1 atom stereocenters. The largest absolute Gasteiger partial charge is 0.381 e. The number of amides is 3. The molecule has 50 heavy (non-hydrogen) atoms. The number of benzene rings is 3. The van der Waals surface area contributed by atoms with Crippen molar-refractivity contribution in [3.8, 4) is 0 Å². The molecule has 2 saturated heterocycles. The molecule has 1 aromatic heterocycles. The third-order valence-electron chi connectivity index (χ3n) is 10.3. The van der Waals surface area contributed by atoms with Crippen molar-refractivity contribution >= 4 is 46.3 Å². The van der Waals surface area contributed by atoms with Gasteiger partial charge in [-0.15, -0.1) is 0 Å². The Hall–Kier alpha value is -5.35. The van der Waals surface area contributed by atoms with Gasteiger partial charge in [0.25, 0.3) is 17.7 Å². The van der Waals surface area contributed by atoms with Crippen molar-refractivity contribution in [3.63, 3.8) is 0 Å². The number of rotatable bonds is 7. The molecule has 8 rings (SSSR count). The fourth-order valence-electron chi connectivity index (χ4n) is 7.24. The summed E-state index contributed by atoms with van der Waals surface area (Å²) in [6, 6.07) is 23.8. The molecule has 0 unspecified atom stereocenters. The number of hydrogen-bond donors (Lipinski definition) is 2. The van der Waals surface area contributed by atoms with E-state index in [1.165, 1.54) is 0 Å². The predicted octanol–water partition coefficient (Wildman–Crippen LogP) is 6.32. The van der Waals surface area contributed by atoms with Gasteiger partial charge in [0.2, 0.25) is 0 Å². The number of nitrogens with one attached hydrogen (secondary N) is 2. The van der Waals surface area contributed by atoms with Crippen molar-refractivity contribution in [2.24, 2.45) is 10.4 Å². The van der Waals surface area contributed by atoms with E-state index in [1.807, 2.05) is 68.4 Å². The second-order valence-electron chi connectivity index (χ2n) is 14.0. The summed E-state index contributed by atoms with van der Waals surface area (Å²) >= 11 is 0. The van der Waals surface area contributed by atoms with E-state index in [9.17, 15) is 14.4 Å². The summed E-state index contributed by atoms with van der Waals surface area (Å²) in [5, 5.41) is 6.05. The number of pyridine rings is 1. The molecule has 3 amide bonds. The number of nitrogens with zero attached hydrogens (tertiary/aromatic N) is 4. The van der Waals surface area contributed by atoms with E-state index in [1.54, 1.807) is 35.4 Å². The summed E-state index contributed by atoms with van der Waals surface area (Å²) < 4.78 is 5.57. The summed E-state index contributed by atoms with van der Waals surface area (Å²) in [6.07, 6.45) is 5.93. The summed E-state index contributed by atoms with van der Waals surface area (Å²) in [7, 11) is 0. The van der Waals surface area contributed by atoms with Gasteiger partial charge in [-0.1, -0.05) is 24.3 Å². The molecule has 1 saturated carbocycles. The average Bonchev–Trinajstić information content (AvgIpc) is 3.95. The molecular weight excluding hydrogens is 628 g/mol. The first-order valence-corrected chi connectivity index (χ1v) is 17.4. The van der Waals surface area contributed by atoms with Crippen LogP contribution in [0, 0.1) is 12.3 Å². The zero-order valence-electron chi connectivity index (χ0n) is 28.3. The standard InChI is InChI=1S/C40H40N6O4/c1-25-21-32(36(41-22-25)45-23-40(24-45)17-19-50-20-18-40)38(48)43-30-13-11-29(12-14-30)39(49)46-26(2)35(44-33-5-3-4-6-34(33)46)27-7-9-28(10-8-27)37(47)42-31-15-16-31/h3-14,21-22,26,31H,15-20,23-24H2,1-2H3,(H,42,47)(H,43,48)/t26-/m1/s1. The number of para-hydroxylation sites is 2. The lowest BCUT2D eigenvalue weighted by Crippen LogP contribution is -2.59. The third kappa shape index (κ3) is 6.15. The molecule has 4 heterocycles. The van der Waals surface area contributed by atoms with Gasteiger partial charge in [-0.2, -0.15) is 0 Å². The van der Waals surface area contributed by atoms with Crippen molar-refractivity contribution in [1.82, 2.24) is 10.3 Å². The molecule has 3 aliphatic heterocycles. The number of carbonyl (C=O) groups excluding carboxylic acids is 3. The molecule has 0 radical (unpaired) electrons. The zero-order valence-corrected chi connectivity index (χ0v) is 28.3. The van der Waals surface area contributed by atoms with Gasteiger partial charge >= 0.3 is 0 Å². The van der Waals surface area contributed by atoms with Crippen LogP contribution >= 0.6 is 0 Å². The van der Waals surface area contributed by atoms with E-state index >= 15 is 0 Å². The highest BCUT2D eigenvalue weighted by Crippen LogP contribution is 2.42. The van der Waals surface area contributed by atoms with Gasteiger partial charge in [-0.05, 0) is 105 Å². The minimum absolute atomic E-state index is 0.0740. The van der Waals surface area contributed by atoms with Crippen LogP contribution in [0.4, 0.5) is 22.9 Å². The number of carbonyl (C=O) groups is 3. The second kappa shape index (κ2) is 12.8. The van der Waals surface area contributed by atoms with E-state index in [0.29, 0.717) is 33.9 Å². The Kier molecular flexibility index (Phi) is 8.19. The lowest BCUT2D eigenvalue weighted by molar-refractivity contribution is -0.000511. The van der Waals surface area contributed by atoms with Gasteiger partial charge in [0.15, 0.2) is 0 Å². The topological polar surface area (TPSA) is 116 Å². The maximum atomic E-state index is 14.2. The zero-order chi connectivity index (χ0) is 34.4. The lowest BCUT2D eigenvalue weighted by Gasteiger charge is -2.53. The number of fused-ring (bicyclic) bond motifs is 1. The van der Waals surface area contributed by atoms with Crippen molar-refractivity contribution in [3.05, 3.63) is 113 Å². The van der Waals surface area contributed by atoms with Crippen LogP contribution in [0.25, 0.3) is 0 Å². The maximum absolute atomic E-state index is 14.2. The Morgan fingerprint density at radius 3 is 2.30 bits per heavy atom. The van der Waals surface area contributed by atoms with Crippen LogP contribution in [0.2, 0.25) is 0 Å². The van der Waals surface area contributed by atoms with Crippen molar-refractivity contribution in [2.45, 2.75) is 51.6 Å². The SMILES string of the molecule is Cc1cnc(N2CC3(CCOCC3)C2)c(C(=O)Nc2ccc(C(=O)N3c4ccccc4N=C(c4ccc(C(=O)NC5CC5)cc4)[C@H]3C)cc2)c1. The van der Waals surface area contributed by atoms with Crippen LogP contribution < -0.4 is 20.4 Å². The summed E-state index contributed by atoms with van der Waals surface area (Å²) in [5.41, 5.74) is 6.37. The fourth-order valence-corrected chi connectivity index (χ4v) is 7.24. The van der Waals surface area contributed by atoms with Crippen LogP contribution in [-0.2, 0) is 4.74 Å². The third-order valence-corrected chi connectivity index (χ3v) is 10.3. The van der Waals surface area contributed by atoms with Crippen LogP contribution in [0.1, 0.15) is 74.8 Å². The molecule has 254 valence electrons. The van der Waals surface area contributed by atoms with E-state index in [2.05, 4.69) is 20.5 Å². The highest BCUT2D eigenvalue weighted by atomic mass is 16.5. The first-order chi connectivity index (χ1) is 24.3. The number of hydrogen-bond acceptors (Lipinski definition) is 7. The Morgan fingerprint density at radius 1 is 0.880 bits per heavy atom. The number of aromatic nitrogens is 1. The first-order valence-electron chi connectivity index (χ1n) is 17.4. The molecular formula is C40H40N6O4. The van der Waals surface area contributed by atoms with Crippen molar-refractivity contribution < 1.29 is 19.1 Å². The number of aliphatic imine (C=N–C) groups is 1. The smallest absolute Gasteiger partial charge is 0.259 e. The molecule has 3 fully saturated rings. The maximum Gasteiger partial charge on any atom is 0.259 e. The van der Waals surface area contributed by atoms with Crippen LogP contribution in [-0.4, -0.2) is 66.8 Å². The molecule has 4 aliphatic rings. The summed E-state index contributed by atoms with van der Waals surface area (Å²) in [5.74, 6) is 0.206. The molecule has 10 heteroatoms. The summed E-state index contributed by atoms with van der Waals surface area (Å²) in [4.78, 5) is 53.9. The lowest BCUT2D eigenvalue weighted by atomic mass is 9.73. The Labute approximate surface area is 291 Å². The Balaban J connectivity index is 0.988. The van der Waals surface area contributed by atoms with Crippen LogP contribution in [0.3, 0.4) is 0 Å². The molecule has 1 spiro atoms. The Bertz CT molecular complexity index is 1990. The number of ether oxygens (including phenoxy) is 1. The average molecular weight is 669 g/mol. The highest BCUT2D eigenvalue weighted by molar-refractivity contribution is 6.18.